The van der Waals surface area contributed by atoms with Crippen LogP contribution in [0.3, 0.4) is 0 Å². The van der Waals surface area contributed by atoms with Crippen molar-refractivity contribution in [2.24, 2.45) is 0 Å². The van der Waals surface area contributed by atoms with Gasteiger partial charge in [0.1, 0.15) is 0 Å². The summed E-state index contributed by atoms with van der Waals surface area (Å²) in [5, 5.41) is 0. The van der Waals surface area contributed by atoms with Gasteiger partial charge in [0.05, 0.1) is 0 Å². The average molecular weight is 144 g/mol. The van der Waals surface area contributed by atoms with Gasteiger partial charge >= 0.3 is 0 Å². The minimum atomic E-state index is 1.17. The molecule has 0 fully saturated rings. The molecule has 0 saturated heterocycles. The summed E-state index contributed by atoms with van der Waals surface area (Å²) < 4.78 is 0. The summed E-state index contributed by atoms with van der Waals surface area (Å²) in [6.07, 6.45) is 5.95. The third-order valence-electron chi connectivity index (χ3n) is 1.53. The molecule has 0 atom stereocenters. The summed E-state index contributed by atoms with van der Waals surface area (Å²) in [7, 11) is 0. The quantitative estimate of drug-likeness (QED) is 0.597. The van der Waals surface area contributed by atoms with Crippen LogP contribution in [0.25, 0.3) is 12.2 Å². The number of hydrogen-bond acceptors (Lipinski definition) is 0. The van der Waals surface area contributed by atoms with E-state index in [1.165, 1.54) is 11.1 Å². The Bertz CT molecular complexity index is 252. The standard InChI is InChI=1S/C11H12/c1-3-5-11-8-6-10(4-2)7-9-11/h3-9H,2H2,1H3. The molecule has 11 heavy (non-hydrogen) atoms. The monoisotopic (exact) mass is 144 g/mol. The highest BCUT2D eigenvalue weighted by Crippen LogP contribution is 2.06. The van der Waals surface area contributed by atoms with E-state index in [0.717, 1.165) is 0 Å². The third kappa shape index (κ3) is 2.08. The molecule has 56 valence electrons. The van der Waals surface area contributed by atoms with Crippen LogP contribution in [0.2, 0.25) is 0 Å². The maximum Gasteiger partial charge on any atom is -0.0260 e. The van der Waals surface area contributed by atoms with Crippen molar-refractivity contribution in [3.8, 4) is 0 Å². The second-order valence-corrected chi connectivity index (χ2v) is 2.37. The molecule has 1 aromatic carbocycles. The molecule has 0 N–H and O–H groups in total. The van der Waals surface area contributed by atoms with Crippen molar-refractivity contribution < 1.29 is 0 Å². The van der Waals surface area contributed by atoms with Gasteiger partial charge in [-0.3, -0.25) is 0 Å². The van der Waals surface area contributed by atoms with Crippen LogP contribution in [0.4, 0.5) is 0 Å². The van der Waals surface area contributed by atoms with Crippen molar-refractivity contribution in [3.05, 3.63) is 48.0 Å². The largest absolute Gasteiger partial charge is 0.0985 e. The van der Waals surface area contributed by atoms with Gasteiger partial charge in [0.15, 0.2) is 0 Å². The first kappa shape index (κ1) is 7.80. The lowest BCUT2D eigenvalue weighted by Gasteiger charge is -1.93. The Labute approximate surface area is 67.9 Å². The van der Waals surface area contributed by atoms with E-state index in [9.17, 15) is 0 Å². The van der Waals surface area contributed by atoms with Crippen molar-refractivity contribution in [1.82, 2.24) is 0 Å². The topological polar surface area (TPSA) is 0 Å². The normalized spacial score (nSPS) is 10.3. The fourth-order valence-electron chi connectivity index (χ4n) is 0.936. The lowest BCUT2D eigenvalue weighted by molar-refractivity contribution is 1.61. The number of rotatable bonds is 2. The van der Waals surface area contributed by atoms with E-state index >= 15 is 0 Å². The lowest BCUT2D eigenvalue weighted by Crippen LogP contribution is -1.72. The van der Waals surface area contributed by atoms with Crippen molar-refractivity contribution in [1.29, 1.82) is 0 Å². The summed E-state index contributed by atoms with van der Waals surface area (Å²) in [6.45, 7) is 5.70. The molecule has 0 bridgehead atoms. The zero-order chi connectivity index (χ0) is 8.10. The molecule has 0 spiro atoms. The van der Waals surface area contributed by atoms with E-state index in [2.05, 4.69) is 36.9 Å². The number of benzene rings is 1. The van der Waals surface area contributed by atoms with Crippen LogP contribution < -0.4 is 0 Å². The molecule has 0 aromatic heterocycles. The highest BCUT2D eigenvalue weighted by Gasteiger charge is 1.85. The van der Waals surface area contributed by atoms with Crippen LogP contribution in [-0.4, -0.2) is 0 Å². The predicted octanol–water partition coefficient (Wildman–Crippen LogP) is 3.36. The Morgan fingerprint density at radius 1 is 1.09 bits per heavy atom. The second kappa shape index (κ2) is 3.77. The van der Waals surface area contributed by atoms with Crippen LogP contribution in [0.1, 0.15) is 18.1 Å². The molecule has 1 rings (SSSR count). The van der Waals surface area contributed by atoms with Crippen LogP contribution in [0.5, 0.6) is 0 Å². The first-order valence-electron chi connectivity index (χ1n) is 3.72. The fraction of sp³-hybridized carbons (Fsp3) is 0.0909. The van der Waals surface area contributed by atoms with Crippen molar-refractivity contribution in [2.75, 3.05) is 0 Å². The smallest absolute Gasteiger partial charge is 0.0260 e. The predicted molar refractivity (Wildman–Crippen MR) is 51.2 cm³/mol. The summed E-state index contributed by atoms with van der Waals surface area (Å²) in [5.41, 5.74) is 2.40. The highest BCUT2D eigenvalue weighted by molar-refractivity contribution is 5.54. The Morgan fingerprint density at radius 3 is 2.09 bits per heavy atom. The SMILES string of the molecule is C=Cc1ccc(C=CC)cc1. The number of allylic oxidation sites excluding steroid dienone is 1. The van der Waals surface area contributed by atoms with Gasteiger partial charge in [-0.15, -0.1) is 0 Å². The van der Waals surface area contributed by atoms with Crippen molar-refractivity contribution >= 4 is 12.2 Å². The molecule has 0 heterocycles. The summed E-state index contributed by atoms with van der Waals surface area (Å²) in [6, 6.07) is 8.28. The average Bonchev–Trinajstić information content (AvgIpc) is 2.07. The molecule has 0 heteroatoms. The minimum absolute atomic E-state index is 1.17. The zero-order valence-corrected chi connectivity index (χ0v) is 6.75. The Morgan fingerprint density at radius 2 is 1.64 bits per heavy atom. The third-order valence-corrected chi connectivity index (χ3v) is 1.53. The Hall–Kier alpha value is -1.30. The highest BCUT2D eigenvalue weighted by atomic mass is 13.9. The van der Waals surface area contributed by atoms with E-state index in [1.54, 1.807) is 0 Å². The number of hydrogen-bond donors (Lipinski definition) is 0. The minimum Gasteiger partial charge on any atom is -0.0985 e. The van der Waals surface area contributed by atoms with Crippen molar-refractivity contribution in [2.45, 2.75) is 6.92 Å². The van der Waals surface area contributed by atoms with Gasteiger partial charge in [0.2, 0.25) is 0 Å². The lowest BCUT2D eigenvalue weighted by atomic mass is 10.1. The first-order chi connectivity index (χ1) is 5.36. The molecule has 0 radical (unpaired) electrons. The van der Waals surface area contributed by atoms with E-state index in [-0.39, 0.29) is 0 Å². The molecule has 0 amide bonds. The molecule has 0 aliphatic rings. The van der Waals surface area contributed by atoms with Crippen molar-refractivity contribution in [3.63, 3.8) is 0 Å². The Balaban J connectivity index is 2.91. The summed E-state index contributed by atoms with van der Waals surface area (Å²) in [4.78, 5) is 0. The molecule has 0 nitrogen and oxygen atoms in total. The van der Waals surface area contributed by atoms with Gasteiger partial charge in [-0.05, 0) is 18.1 Å². The molecule has 1 aromatic rings. The molecule has 0 aliphatic carbocycles. The molecule has 0 aliphatic heterocycles. The Kier molecular flexibility index (Phi) is 2.67. The van der Waals surface area contributed by atoms with E-state index in [0.29, 0.717) is 0 Å². The first-order valence-corrected chi connectivity index (χ1v) is 3.72. The van der Waals surface area contributed by atoms with E-state index < -0.39 is 0 Å². The van der Waals surface area contributed by atoms with Crippen LogP contribution in [0, 0.1) is 0 Å². The van der Waals surface area contributed by atoms with Gasteiger partial charge in [-0.1, -0.05) is 49.1 Å². The maximum absolute atomic E-state index is 3.69. The van der Waals surface area contributed by atoms with Gasteiger partial charge in [-0.2, -0.15) is 0 Å². The van der Waals surface area contributed by atoms with Crippen LogP contribution in [-0.2, 0) is 0 Å². The van der Waals surface area contributed by atoms with Gasteiger partial charge in [-0.25, -0.2) is 0 Å². The van der Waals surface area contributed by atoms with Gasteiger partial charge in [0.25, 0.3) is 0 Å². The second-order valence-electron chi connectivity index (χ2n) is 2.37. The van der Waals surface area contributed by atoms with Gasteiger partial charge < -0.3 is 0 Å². The summed E-state index contributed by atoms with van der Waals surface area (Å²) in [5.74, 6) is 0. The molecule has 0 unspecified atom stereocenters. The molecular weight excluding hydrogens is 132 g/mol. The summed E-state index contributed by atoms with van der Waals surface area (Å²) >= 11 is 0. The van der Waals surface area contributed by atoms with Crippen LogP contribution in [0.15, 0.2) is 36.9 Å². The van der Waals surface area contributed by atoms with Crippen LogP contribution >= 0.6 is 0 Å². The molecule has 0 saturated carbocycles. The molecular formula is C11H12. The zero-order valence-electron chi connectivity index (χ0n) is 6.75. The van der Waals surface area contributed by atoms with E-state index in [1.807, 2.05) is 19.1 Å². The van der Waals surface area contributed by atoms with E-state index in [4.69, 9.17) is 0 Å². The fourth-order valence-corrected chi connectivity index (χ4v) is 0.936. The maximum atomic E-state index is 3.69. The van der Waals surface area contributed by atoms with Gasteiger partial charge in [0, 0.05) is 0 Å².